The van der Waals surface area contributed by atoms with Gasteiger partial charge in [0, 0.05) is 37.9 Å². The van der Waals surface area contributed by atoms with Crippen molar-refractivity contribution in [3.63, 3.8) is 0 Å². The Bertz CT molecular complexity index is 977. The molecule has 0 radical (unpaired) electrons. The maximum Gasteiger partial charge on any atom is 0.275 e. The van der Waals surface area contributed by atoms with Crippen LogP contribution in [0.2, 0.25) is 0 Å². The van der Waals surface area contributed by atoms with E-state index in [1.165, 1.54) is 4.68 Å². The lowest BCUT2D eigenvalue weighted by molar-refractivity contribution is 0.0673. The number of carbonyl (C=O) groups is 1. The molecule has 0 aliphatic carbocycles. The van der Waals surface area contributed by atoms with Crippen LogP contribution in [-0.2, 0) is 7.05 Å². The summed E-state index contributed by atoms with van der Waals surface area (Å²) in [6.07, 6.45) is 7.42. The minimum atomic E-state index is -0.193. The van der Waals surface area contributed by atoms with Crippen LogP contribution in [0.15, 0.2) is 47.8 Å². The van der Waals surface area contributed by atoms with Gasteiger partial charge in [-0.25, -0.2) is 9.67 Å². The molecule has 7 heteroatoms. The van der Waals surface area contributed by atoms with Gasteiger partial charge in [-0.15, -0.1) is 0 Å². The highest BCUT2D eigenvalue weighted by Gasteiger charge is 2.27. The van der Waals surface area contributed by atoms with Gasteiger partial charge in [-0.05, 0) is 18.9 Å². The van der Waals surface area contributed by atoms with Crippen LogP contribution in [-0.4, -0.2) is 43.2 Å². The molecule has 1 aromatic carbocycles. The average molecular weight is 337 g/mol. The van der Waals surface area contributed by atoms with Crippen molar-refractivity contribution in [2.45, 2.75) is 18.9 Å². The number of aromatic nitrogens is 4. The van der Waals surface area contributed by atoms with Crippen LogP contribution in [0.5, 0.6) is 0 Å². The summed E-state index contributed by atoms with van der Waals surface area (Å²) in [6.45, 7) is 1.32. The third-order valence-electron chi connectivity index (χ3n) is 4.79. The molecule has 128 valence electrons. The molecule has 25 heavy (non-hydrogen) atoms. The molecular formula is C18H19N5O2. The molecule has 1 saturated heterocycles. The Kier molecular flexibility index (Phi) is 3.83. The summed E-state index contributed by atoms with van der Waals surface area (Å²) in [5, 5.41) is 5.39. The second-order valence-electron chi connectivity index (χ2n) is 6.38. The van der Waals surface area contributed by atoms with Gasteiger partial charge in [0.25, 0.3) is 11.5 Å². The van der Waals surface area contributed by atoms with Crippen molar-refractivity contribution in [1.29, 1.82) is 0 Å². The van der Waals surface area contributed by atoms with Gasteiger partial charge in [-0.1, -0.05) is 18.2 Å². The fourth-order valence-electron chi connectivity index (χ4n) is 3.48. The Morgan fingerprint density at radius 3 is 2.80 bits per heavy atom. The van der Waals surface area contributed by atoms with Crippen molar-refractivity contribution in [3.8, 4) is 0 Å². The van der Waals surface area contributed by atoms with Gasteiger partial charge < -0.3 is 9.47 Å². The van der Waals surface area contributed by atoms with Gasteiger partial charge in [0.2, 0.25) is 0 Å². The zero-order chi connectivity index (χ0) is 17.4. The van der Waals surface area contributed by atoms with E-state index >= 15 is 0 Å². The highest BCUT2D eigenvalue weighted by molar-refractivity contribution is 6.04. The second-order valence-corrected chi connectivity index (χ2v) is 6.38. The number of carbonyl (C=O) groups excluding carboxylic acids is 1. The molecule has 1 aliphatic rings. The van der Waals surface area contributed by atoms with Crippen LogP contribution in [0, 0.1) is 0 Å². The molecular weight excluding hydrogens is 318 g/mol. The molecule has 0 N–H and O–H groups in total. The Morgan fingerprint density at radius 1 is 1.24 bits per heavy atom. The van der Waals surface area contributed by atoms with E-state index in [4.69, 9.17) is 0 Å². The van der Waals surface area contributed by atoms with E-state index in [0.29, 0.717) is 29.6 Å². The fraction of sp³-hybridized carbons (Fsp3) is 0.333. The highest BCUT2D eigenvalue weighted by Crippen LogP contribution is 2.23. The summed E-state index contributed by atoms with van der Waals surface area (Å²) >= 11 is 0. The minimum Gasteiger partial charge on any atom is -0.335 e. The summed E-state index contributed by atoms with van der Waals surface area (Å²) in [6, 6.07) is 7.37. The molecule has 4 rings (SSSR count). The van der Waals surface area contributed by atoms with Crippen molar-refractivity contribution in [2.24, 2.45) is 7.05 Å². The molecule has 2 aromatic heterocycles. The average Bonchev–Trinajstić information content (AvgIpc) is 3.19. The number of benzene rings is 1. The SMILES string of the molecule is Cn1nc(C(=O)N2CCCC(n3ccnc3)C2)c2ccccc2c1=O. The lowest BCUT2D eigenvalue weighted by Gasteiger charge is -2.33. The van der Waals surface area contributed by atoms with Gasteiger partial charge in [-0.2, -0.15) is 5.10 Å². The molecule has 0 saturated carbocycles. The number of likely N-dealkylation sites (tertiary alicyclic amines) is 1. The number of piperidine rings is 1. The van der Waals surface area contributed by atoms with Crippen molar-refractivity contribution < 1.29 is 4.79 Å². The number of hydrogen-bond acceptors (Lipinski definition) is 4. The topological polar surface area (TPSA) is 73.0 Å². The van der Waals surface area contributed by atoms with E-state index in [9.17, 15) is 9.59 Å². The van der Waals surface area contributed by atoms with Crippen LogP contribution >= 0.6 is 0 Å². The molecule has 1 amide bonds. The van der Waals surface area contributed by atoms with Crippen LogP contribution < -0.4 is 5.56 Å². The van der Waals surface area contributed by atoms with Crippen LogP contribution in [0.1, 0.15) is 29.4 Å². The highest BCUT2D eigenvalue weighted by atomic mass is 16.2. The minimum absolute atomic E-state index is 0.128. The first-order valence-electron chi connectivity index (χ1n) is 8.38. The molecule has 3 aromatic rings. The second kappa shape index (κ2) is 6.16. The molecule has 0 bridgehead atoms. The maximum absolute atomic E-state index is 13.1. The summed E-state index contributed by atoms with van der Waals surface area (Å²) < 4.78 is 3.29. The predicted molar refractivity (Wildman–Crippen MR) is 93.4 cm³/mol. The predicted octanol–water partition coefficient (Wildman–Crippen LogP) is 1.61. The number of aryl methyl sites for hydroxylation is 1. The zero-order valence-electron chi connectivity index (χ0n) is 14.0. The number of amides is 1. The molecule has 1 fully saturated rings. The maximum atomic E-state index is 13.1. The number of rotatable bonds is 2. The van der Waals surface area contributed by atoms with Crippen LogP contribution in [0.4, 0.5) is 0 Å². The molecule has 1 aliphatic heterocycles. The van der Waals surface area contributed by atoms with Gasteiger partial charge in [0.1, 0.15) is 0 Å². The number of fused-ring (bicyclic) bond motifs is 1. The van der Waals surface area contributed by atoms with E-state index in [0.717, 1.165) is 12.8 Å². The zero-order valence-corrected chi connectivity index (χ0v) is 14.0. The molecule has 1 unspecified atom stereocenters. The molecule has 3 heterocycles. The Balaban J connectivity index is 1.70. The Morgan fingerprint density at radius 2 is 2.04 bits per heavy atom. The first kappa shape index (κ1) is 15.6. The van der Waals surface area contributed by atoms with Crippen molar-refractivity contribution in [1.82, 2.24) is 24.2 Å². The normalized spacial score (nSPS) is 17.8. The molecule has 1 atom stereocenters. The van der Waals surface area contributed by atoms with Gasteiger partial charge in [0.05, 0.1) is 17.8 Å². The van der Waals surface area contributed by atoms with Crippen molar-refractivity contribution in [3.05, 3.63) is 59.0 Å². The monoisotopic (exact) mass is 337 g/mol. The van der Waals surface area contributed by atoms with E-state index in [1.54, 1.807) is 37.8 Å². The van der Waals surface area contributed by atoms with Crippen molar-refractivity contribution in [2.75, 3.05) is 13.1 Å². The van der Waals surface area contributed by atoms with E-state index in [1.807, 2.05) is 21.7 Å². The van der Waals surface area contributed by atoms with Crippen molar-refractivity contribution >= 4 is 16.7 Å². The fourth-order valence-corrected chi connectivity index (χ4v) is 3.48. The van der Waals surface area contributed by atoms with Gasteiger partial charge in [0.15, 0.2) is 5.69 Å². The van der Waals surface area contributed by atoms with E-state index in [-0.39, 0.29) is 17.5 Å². The van der Waals surface area contributed by atoms with E-state index in [2.05, 4.69) is 10.1 Å². The summed E-state index contributed by atoms with van der Waals surface area (Å²) in [4.78, 5) is 31.3. The number of hydrogen-bond donors (Lipinski definition) is 0. The number of nitrogens with zero attached hydrogens (tertiary/aromatic N) is 5. The summed E-state index contributed by atoms with van der Waals surface area (Å²) in [7, 11) is 1.58. The molecule has 0 spiro atoms. The summed E-state index contributed by atoms with van der Waals surface area (Å²) in [5.74, 6) is -0.128. The van der Waals surface area contributed by atoms with Crippen LogP contribution in [0.3, 0.4) is 0 Å². The Hall–Kier alpha value is -2.96. The lowest BCUT2D eigenvalue weighted by Crippen LogP contribution is -2.41. The summed E-state index contributed by atoms with van der Waals surface area (Å²) in [5.41, 5.74) is 0.145. The third-order valence-corrected chi connectivity index (χ3v) is 4.79. The smallest absolute Gasteiger partial charge is 0.275 e. The van der Waals surface area contributed by atoms with Gasteiger partial charge >= 0.3 is 0 Å². The van der Waals surface area contributed by atoms with E-state index < -0.39 is 0 Å². The molecule has 7 nitrogen and oxygen atoms in total. The first-order chi connectivity index (χ1) is 12.1. The lowest BCUT2D eigenvalue weighted by atomic mass is 10.0. The largest absolute Gasteiger partial charge is 0.335 e. The third kappa shape index (κ3) is 2.71. The standard InChI is InChI=1S/C18H19N5O2/c1-21-17(24)15-7-3-2-6-14(15)16(20-21)18(25)22-9-4-5-13(11-22)23-10-8-19-12-23/h2-3,6-8,10,12-13H,4-5,9,11H2,1H3. The van der Waals surface area contributed by atoms with Gasteiger partial charge in [-0.3, -0.25) is 9.59 Å². The first-order valence-corrected chi connectivity index (χ1v) is 8.38. The Labute approximate surface area is 144 Å². The van der Waals surface area contributed by atoms with Crippen LogP contribution in [0.25, 0.3) is 10.8 Å². The number of imidazole rings is 1. The quantitative estimate of drug-likeness (QED) is 0.712.